The summed E-state index contributed by atoms with van der Waals surface area (Å²) in [6.07, 6.45) is 0. The van der Waals surface area contributed by atoms with E-state index in [9.17, 15) is 13.2 Å². The Hall–Kier alpha value is -1.51. The van der Waals surface area contributed by atoms with Gasteiger partial charge in [0.25, 0.3) is 10.0 Å². The first kappa shape index (κ1) is 18.3. The van der Waals surface area contributed by atoms with Crippen molar-refractivity contribution in [3.63, 3.8) is 0 Å². The van der Waals surface area contributed by atoms with Gasteiger partial charge in [-0.15, -0.1) is 11.8 Å². The molecule has 1 atom stereocenters. The summed E-state index contributed by atoms with van der Waals surface area (Å²) in [5, 5.41) is 0.261. The quantitative estimate of drug-likeness (QED) is 0.779. The van der Waals surface area contributed by atoms with Crippen LogP contribution in [0.15, 0.2) is 56.7 Å². The highest BCUT2D eigenvalue weighted by molar-refractivity contribution is 9.10. The minimum absolute atomic E-state index is 0.0956. The number of hydrogen-bond acceptors (Lipinski definition) is 4. The number of halogens is 1. The molecule has 0 fully saturated rings. The molecule has 25 heavy (non-hydrogen) atoms. The van der Waals surface area contributed by atoms with Gasteiger partial charge in [0.15, 0.2) is 0 Å². The number of hydrogen-bond donors (Lipinski definition) is 1. The third-order valence-corrected chi connectivity index (χ3v) is 7.00. The Morgan fingerprint density at radius 2 is 2.00 bits per heavy atom. The van der Waals surface area contributed by atoms with Gasteiger partial charge in [-0.3, -0.25) is 9.52 Å². The first-order chi connectivity index (χ1) is 11.8. The van der Waals surface area contributed by atoms with Crippen LogP contribution in [0.25, 0.3) is 0 Å². The molecule has 8 heteroatoms. The number of rotatable bonds is 3. The summed E-state index contributed by atoms with van der Waals surface area (Å²) in [5.41, 5.74) is 1.11. The zero-order valence-electron chi connectivity index (χ0n) is 13.7. The van der Waals surface area contributed by atoms with E-state index < -0.39 is 10.0 Å². The van der Waals surface area contributed by atoms with Crippen LogP contribution in [0.5, 0.6) is 0 Å². The molecule has 2 aromatic rings. The molecule has 0 bridgehead atoms. The molecule has 1 aliphatic rings. The van der Waals surface area contributed by atoms with Crippen LogP contribution in [0, 0.1) is 0 Å². The molecule has 3 rings (SSSR count). The second kappa shape index (κ2) is 7.01. The zero-order chi connectivity index (χ0) is 18.2. The van der Waals surface area contributed by atoms with Crippen molar-refractivity contribution in [2.24, 2.45) is 0 Å². The minimum atomic E-state index is -3.76. The number of para-hydroxylation sites is 1. The minimum Gasteiger partial charge on any atom is -0.310 e. The number of sulfonamides is 1. The summed E-state index contributed by atoms with van der Waals surface area (Å²) in [5.74, 6) is -0.0956. The fraction of sp³-hybridized carbons (Fsp3) is 0.235. The lowest BCUT2D eigenvalue weighted by molar-refractivity contribution is -0.116. The van der Waals surface area contributed by atoms with Gasteiger partial charge in [-0.2, -0.15) is 0 Å². The van der Waals surface area contributed by atoms with Gasteiger partial charge in [-0.05, 0) is 46.3 Å². The van der Waals surface area contributed by atoms with E-state index >= 15 is 0 Å². The van der Waals surface area contributed by atoms with Crippen LogP contribution < -0.4 is 9.62 Å². The van der Waals surface area contributed by atoms with Crippen LogP contribution in [-0.2, 0) is 14.8 Å². The average Bonchev–Trinajstić information content (AvgIpc) is 2.55. The largest absolute Gasteiger partial charge is 0.310 e. The van der Waals surface area contributed by atoms with Crippen LogP contribution in [0.3, 0.4) is 0 Å². The molecule has 1 aliphatic heterocycles. The molecule has 132 valence electrons. The zero-order valence-corrected chi connectivity index (χ0v) is 16.9. The van der Waals surface area contributed by atoms with Gasteiger partial charge in [0.05, 0.1) is 16.3 Å². The second-order valence-electron chi connectivity index (χ2n) is 5.77. The molecule has 1 heterocycles. The third-order valence-electron chi connectivity index (χ3n) is 3.80. The van der Waals surface area contributed by atoms with Crippen molar-refractivity contribution in [3.05, 3.63) is 46.9 Å². The number of nitrogens with one attached hydrogen (secondary N) is 1. The fourth-order valence-electron chi connectivity index (χ4n) is 2.63. The first-order valence-electron chi connectivity index (χ1n) is 7.64. The van der Waals surface area contributed by atoms with Gasteiger partial charge in [-0.25, -0.2) is 8.42 Å². The van der Waals surface area contributed by atoms with E-state index in [-0.39, 0.29) is 16.1 Å². The molecule has 2 aromatic carbocycles. The molecule has 0 spiro atoms. The molecule has 0 aromatic heterocycles. The summed E-state index contributed by atoms with van der Waals surface area (Å²) in [7, 11) is -3.76. The van der Waals surface area contributed by atoms with Gasteiger partial charge in [-0.1, -0.05) is 19.1 Å². The van der Waals surface area contributed by atoms with E-state index in [1.54, 1.807) is 53.1 Å². The van der Waals surface area contributed by atoms with Crippen molar-refractivity contribution in [1.82, 2.24) is 0 Å². The van der Waals surface area contributed by atoms with Crippen LogP contribution in [0.4, 0.5) is 11.4 Å². The number of fused-ring (bicyclic) bond motifs is 1. The van der Waals surface area contributed by atoms with E-state index in [2.05, 4.69) is 20.7 Å². The van der Waals surface area contributed by atoms with Crippen LogP contribution >= 0.6 is 27.7 Å². The van der Waals surface area contributed by atoms with Crippen molar-refractivity contribution >= 4 is 55.0 Å². The maximum atomic E-state index is 12.7. The van der Waals surface area contributed by atoms with Gasteiger partial charge in [0.1, 0.15) is 0 Å². The molecule has 0 radical (unpaired) electrons. The van der Waals surface area contributed by atoms with Crippen molar-refractivity contribution in [2.45, 2.75) is 28.9 Å². The van der Waals surface area contributed by atoms with Crippen molar-refractivity contribution in [3.8, 4) is 0 Å². The number of thioether (sulfide) groups is 1. The normalized spacial score (nSPS) is 17.1. The van der Waals surface area contributed by atoms with E-state index in [1.807, 2.05) is 13.0 Å². The summed E-state index contributed by atoms with van der Waals surface area (Å²) < 4.78 is 28.7. The van der Waals surface area contributed by atoms with Crippen LogP contribution in [0.1, 0.15) is 13.8 Å². The van der Waals surface area contributed by atoms with E-state index in [0.29, 0.717) is 22.4 Å². The molecule has 0 saturated carbocycles. The molecule has 5 nitrogen and oxygen atoms in total. The maximum Gasteiger partial charge on any atom is 0.262 e. The topological polar surface area (TPSA) is 66.5 Å². The molecular weight excluding hydrogens is 424 g/mol. The maximum absolute atomic E-state index is 12.7. The highest BCUT2D eigenvalue weighted by atomic mass is 79.9. The van der Waals surface area contributed by atoms with Gasteiger partial charge >= 0.3 is 0 Å². The number of anilines is 2. The van der Waals surface area contributed by atoms with Gasteiger partial charge < -0.3 is 4.90 Å². The Bertz CT molecular complexity index is 931. The lowest BCUT2D eigenvalue weighted by atomic mass is 10.2. The molecule has 1 N–H and O–H groups in total. The molecular formula is C17H17BrN2O3S2. The van der Waals surface area contributed by atoms with Gasteiger partial charge in [0.2, 0.25) is 5.91 Å². The highest BCUT2D eigenvalue weighted by Crippen LogP contribution is 2.40. The Kier molecular flexibility index (Phi) is 5.13. The van der Waals surface area contributed by atoms with Gasteiger partial charge in [0, 0.05) is 28.1 Å². The van der Waals surface area contributed by atoms with E-state index in [4.69, 9.17) is 0 Å². The number of benzene rings is 2. The van der Waals surface area contributed by atoms with Crippen LogP contribution in [0.2, 0.25) is 0 Å². The number of carbonyl (C=O) groups excluding carboxylic acids is 1. The van der Waals surface area contributed by atoms with E-state index in [1.165, 1.54) is 6.92 Å². The van der Waals surface area contributed by atoms with E-state index in [0.717, 1.165) is 4.90 Å². The van der Waals surface area contributed by atoms with Crippen molar-refractivity contribution < 1.29 is 13.2 Å². The first-order valence-corrected chi connectivity index (χ1v) is 10.8. The smallest absolute Gasteiger partial charge is 0.262 e. The lowest BCUT2D eigenvalue weighted by Gasteiger charge is -2.32. The van der Waals surface area contributed by atoms with Crippen molar-refractivity contribution in [2.75, 3.05) is 16.2 Å². The number of carbonyl (C=O) groups is 1. The predicted molar refractivity (Wildman–Crippen MR) is 105 cm³/mol. The summed E-state index contributed by atoms with van der Waals surface area (Å²) in [4.78, 5) is 14.6. The highest BCUT2D eigenvalue weighted by Gasteiger charge is 2.27. The Morgan fingerprint density at radius 3 is 2.68 bits per heavy atom. The second-order valence-corrected chi connectivity index (χ2v) is 9.79. The predicted octanol–water partition coefficient (Wildman–Crippen LogP) is 4.10. The number of nitrogens with zero attached hydrogens (tertiary/aromatic N) is 1. The average molecular weight is 441 g/mol. The lowest BCUT2D eigenvalue weighted by Crippen LogP contribution is -2.37. The Morgan fingerprint density at radius 1 is 1.28 bits per heavy atom. The monoisotopic (exact) mass is 440 g/mol. The summed E-state index contributed by atoms with van der Waals surface area (Å²) >= 11 is 4.98. The van der Waals surface area contributed by atoms with Crippen LogP contribution in [-0.4, -0.2) is 26.1 Å². The molecule has 1 amide bonds. The Balaban J connectivity index is 2.00. The third kappa shape index (κ3) is 3.86. The summed E-state index contributed by atoms with van der Waals surface area (Å²) in [6, 6.07) is 11.9. The fourth-order valence-corrected chi connectivity index (χ4v) is 5.34. The standard InChI is InChI=1S/C17H17BrN2O3S2/c1-11-10-20(12(2)21)16-9-13(7-8-17(16)24-11)25(22,23)19-15-6-4-3-5-14(15)18/h3-9,11,19H,10H2,1-2H3/t11-/m0/s1. The number of amides is 1. The molecule has 0 aliphatic carbocycles. The summed E-state index contributed by atoms with van der Waals surface area (Å²) in [6.45, 7) is 4.10. The van der Waals surface area contributed by atoms with Crippen molar-refractivity contribution in [1.29, 1.82) is 0 Å². The SMILES string of the molecule is CC(=O)N1C[C@H](C)Sc2ccc(S(=O)(=O)Nc3ccccc3Br)cc21. The Labute approximate surface area is 160 Å². The molecule has 0 unspecified atom stereocenters. The molecule has 0 saturated heterocycles.